The third-order valence-electron chi connectivity index (χ3n) is 8.23. The summed E-state index contributed by atoms with van der Waals surface area (Å²) in [6, 6.07) is 18.2. The first-order valence-electron chi connectivity index (χ1n) is 12.6. The maximum Gasteiger partial charge on any atom is 0.233 e. The van der Waals surface area contributed by atoms with Crippen molar-refractivity contribution in [3.8, 4) is 11.4 Å². The first kappa shape index (κ1) is 22.7. The molecule has 0 unspecified atom stereocenters. The molecule has 3 aromatic rings. The minimum absolute atomic E-state index is 0.0113. The standard InChI is InChI=1S/C28H32N4O2S/c1-34-25-9-5-6-20(13-25)17-32(28-14-21-10-22(15-28)12-23(11-21)16-28)26(33)18-35-27-30-29-19-31(27)24-7-3-2-4-8-24/h2-9,13,19,21-23H,10-12,14-18H2,1H3. The fourth-order valence-corrected chi connectivity index (χ4v) is 7.97. The van der Waals surface area contributed by atoms with Gasteiger partial charge in [0.25, 0.3) is 0 Å². The molecule has 35 heavy (non-hydrogen) atoms. The largest absolute Gasteiger partial charge is 0.497 e. The van der Waals surface area contributed by atoms with Gasteiger partial charge in [0.1, 0.15) is 12.1 Å². The minimum Gasteiger partial charge on any atom is -0.497 e. The number of aromatic nitrogens is 3. The van der Waals surface area contributed by atoms with Crippen LogP contribution in [0.3, 0.4) is 0 Å². The summed E-state index contributed by atoms with van der Waals surface area (Å²) in [5.74, 6) is 3.72. The third-order valence-corrected chi connectivity index (χ3v) is 9.16. The first-order chi connectivity index (χ1) is 17.1. The summed E-state index contributed by atoms with van der Waals surface area (Å²) < 4.78 is 7.43. The van der Waals surface area contributed by atoms with Gasteiger partial charge in [-0.2, -0.15) is 0 Å². The number of para-hydroxylation sites is 1. The van der Waals surface area contributed by atoms with E-state index >= 15 is 0 Å². The molecule has 0 aliphatic heterocycles. The molecule has 7 rings (SSSR count). The number of thioether (sulfide) groups is 1. The Morgan fingerprint density at radius 2 is 1.77 bits per heavy atom. The average molecular weight is 489 g/mol. The van der Waals surface area contributed by atoms with Crippen molar-refractivity contribution in [3.63, 3.8) is 0 Å². The van der Waals surface area contributed by atoms with Crippen molar-refractivity contribution in [2.75, 3.05) is 12.9 Å². The lowest BCUT2D eigenvalue weighted by molar-refractivity contribution is -0.149. The number of rotatable bonds is 8. The summed E-state index contributed by atoms with van der Waals surface area (Å²) in [5.41, 5.74) is 2.12. The van der Waals surface area contributed by atoms with Crippen molar-refractivity contribution in [3.05, 3.63) is 66.5 Å². The Morgan fingerprint density at radius 3 is 2.46 bits per heavy atom. The van der Waals surface area contributed by atoms with Crippen LogP contribution in [0, 0.1) is 17.8 Å². The zero-order chi connectivity index (χ0) is 23.8. The predicted molar refractivity (Wildman–Crippen MR) is 137 cm³/mol. The van der Waals surface area contributed by atoms with E-state index in [1.807, 2.05) is 47.0 Å². The van der Waals surface area contributed by atoms with Crippen LogP contribution in [0.4, 0.5) is 0 Å². The SMILES string of the molecule is COc1cccc(CN(C(=O)CSc2nncn2-c2ccccc2)C23CC4CC(CC(C4)C2)C3)c1. The zero-order valence-electron chi connectivity index (χ0n) is 20.2. The van der Waals surface area contributed by atoms with E-state index in [0.29, 0.717) is 12.3 Å². The molecular formula is C28H32N4O2S. The van der Waals surface area contributed by atoms with E-state index in [1.165, 1.54) is 31.0 Å². The highest BCUT2D eigenvalue weighted by Crippen LogP contribution is 2.58. The van der Waals surface area contributed by atoms with Crippen LogP contribution in [-0.2, 0) is 11.3 Å². The van der Waals surface area contributed by atoms with Gasteiger partial charge in [0.05, 0.1) is 12.9 Å². The summed E-state index contributed by atoms with van der Waals surface area (Å²) in [7, 11) is 1.70. The molecule has 1 heterocycles. The Balaban J connectivity index is 1.26. The van der Waals surface area contributed by atoms with Gasteiger partial charge in [-0.05, 0) is 86.1 Å². The quantitative estimate of drug-likeness (QED) is 0.399. The van der Waals surface area contributed by atoms with E-state index in [-0.39, 0.29) is 11.4 Å². The first-order valence-corrected chi connectivity index (χ1v) is 13.6. The normalized spacial score (nSPS) is 26.6. The van der Waals surface area contributed by atoms with Crippen molar-refractivity contribution in [1.82, 2.24) is 19.7 Å². The van der Waals surface area contributed by atoms with Gasteiger partial charge < -0.3 is 9.64 Å². The van der Waals surface area contributed by atoms with Gasteiger partial charge in [-0.3, -0.25) is 9.36 Å². The second kappa shape index (κ2) is 9.34. The number of ether oxygens (including phenoxy) is 1. The number of hydrogen-bond donors (Lipinski definition) is 0. The highest BCUT2D eigenvalue weighted by molar-refractivity contribution is 7.99. The number of methoxy groups -OCH3 is 1. The van der Waals surface area contributed by atoms with E-state index in [2.05, 4.69) is 27.2 Å². The van der Waals surface area contributed by atoms with E-state index < -0.39 is 0 Å². The fraction of sp³-hybridized carbons (Fsp3) is 0.464. The molecule has 7 heteroatoms. The van der Waals surface area contributed by atoms with Crippen LogP contribution < -0.4 is 4.74 Å². The van der Waals surface area contributed by atoms with Gasteiger partial charge in [-0.1, -0.05) is 42.1 Å². The molecule has 4 aliphatic carbocycles. The average Bonchev–Trinajstić information content (AvgIpc) is 3.34. The molecule has 4 saturated carbocycles. The van der Waals surface area contributed by atoms with Crippen LogP contribution in [0.15, 0.2) is 66.1 Å². The van der Waals surface area contributed by atoms with Crippen LogP contribution in [0.5, 0.6) is 5.75 Å². The van der Waals surface area contributed by atoms with Crippen LogP contribution in [0.25, 0.3) is 5.69 Å². The minimum atomic E-state index is -0.0113. The molecule has 182 valence electrons. The lowest BCUT2D eigenvalue weighted by Gasteiger charge is -2.60. The lowest BCUT2D eigenvalue weighted by atomic mass is 9.52. The van der Waals surface area contributed by atoms with E-state index in [4.69, 9.17) is 4.74 Å². The summed E-state index contributed by atoms with van der Waals surface area (Å²) in [4.78, 5) is 16.2. The van der Waals surface area contributed by atoms with Crippen molar-refractivity contribution < 1.29 is 9.53 Å². The Morgan fingerprint density at radius 1 is 1.06 bits per heavy atom. The number of hydrogen-bond acceptors (Lipinski definition) is 5. The zero-order valence-corrected chi connectivity index (χ0v) is 21.0. The Hall–Kier alpha value is -2.80. The van der Waals surface area contributed by atoms with Crippen molar-refractivity contribution in [1.29, 1.82) is 0 Å². The molecule has 0 saturated heterocycles. The van der Waals surface area contributed by atoms with Crippen LogP contribution in [-0.4, -0.2) is 44.0 Å². The van der Waals surface area contributed by atoms with Crippen molar-refractivity contribution >= 4 is 17.7 Å². The number of carbonyl (C=O) groups excluding carboxylic acids is 1. The smallest absolute Gasteiger partial charge is 0.233 e. The molecule has 4 fully saturated rings. The van der Waals surface area contributed by atoms with E-state index in [0.717, 1.165) is 59.2 Å². The molecule has 1 aromatic heterocycles. The topological polar surface area (TPSA) is 60.2 Å². The highest BCUT2D eigenvalue weighted by Gasteiger charge is 2.54. The summed E-state index contributed by atoms with van der Waals surface area (Å²) in [6.07, 6.45) is 9.24. The summed E-state index contributed by atoms with van der Waals surface area (Å²) in [5, 5.41) is 9.17. The summed E-state index contributed by atoms with van der Waals surface area (Å²) >= 11 is 1.48. The molecule has 0 N–H and O–H groups in total. The van der Waals surface area contributed by atoms with Crippen molar-refractivity contribution in [2.45, 2.75) is 55.8 Å². The van der Waals surface area contributed by atoms with Crippen molar-refractivity contribution in [2.24, 2.45) is 17.8 Å². The van der Waals surface area contributed by atoms with Gasteiger partial charge in [0, 0.05) is 17.8 Å². The number of benzene rings is 2. The maximum atomic E-state index is 14.0. The second-order valence-corrected chi connectivity index (χ2v) is 11.5. The molecular weight excluding hydrogens is 456 g/mol. The molecule has 0 radical (unpaired) electrons. The summed E-state index contributed by atoms with van der Waals surface area (Å²) in [6.45, 7) is 0.633. The third kappa shape index (κ3) is 4.46. The molecule has 4 aliphatic rings. The highest BCUT2D eigenvalue weighted by atomic mass is 32.2. The monoisotopic (exact) mass is 488 g/mol. The van der Waals surface area contributed by atoms with Crippen LogP contribution >= 0.6 is 11.8 Å². The number of carbonyl (C=O) groups is 1. The Bertz CT molecular complexity index is 1160. The van der Waals surface area contributed by atoms with Gasteiger partial charge in [0.15, 0.2) is 5.16 Å². The van der Waals surface area contributed by atoms with Gasteiger partial charge in [-0.15, -0.1) is 10.2 Å². The van der Waals surface area contributed by atoms with E-state index in [9.17, 15) is 4.79 Å². The molecule has 0 atom stereocenters. The molecule has 6 nitrogen and oxygen atoms in total. The molecule has 1 amide bonds. The van der Waals surface area contributed by atoms with Crippen LogP contribution in [0.2, 0.25) is 0 Å². The lowest BCUT2D eigenvalue weighted by Crippen LogP contribution is -2.61. The molecule has 2 aromatic carbocycles. The van der Waals surface area contributed by atoms with Gasteiger partial charge in [-0.25, -0.2) is 0 Å². The second-order valence-electron chi connectivity index (χ2n) is 10.6. The maximum absolute atomic E-state index is 14.0. The Kier molecular flexibility index (Phi) is 6.04. The Labute approximate surface area is 211 Å². The molecule has 4 bridgehead atoms. The molecule has 0 spiro atoms. The van der Waals surface area contributed by atoms with Gasteiger partial charge >= 0.3 is 0 Å². The van der Waals surface area contributed by atoms with Gasteiger partial charge in [0.2, 0.25) is 5.91 Å². The van der Waals surface area contributed by atoms with E-state index in [1.54, 1.807) is 13.4 Å². The number of amides is 1. The van der Waals surface area contributed by atoms with Crippen LogP contribution in [0.1, 0.15) is 44.1 Å². The number of nitrogens with zero attached hydrogens (tertiary/aromatic N) is 4. The fourth-order valence-electron chi connectivity index (χ4n) is 7.16. The predicted octanol–water partition coefficient (Wildman–Crippen LogP) is 5.37.